The summed E-state index contributed by atoms with van der Waals surface area (Å²) in [6.07, 6.45) is 1.25. The van der Waals surface area contributed by atoms with Gasteiger partial charge in [-0.3, -0.25) is 4.79 Å². The van der Waals surface area contributed by atoms with Crippen molar-refractivity contribution in [2.75, 3.05) is 19.7 Å². The first kappa shape index (κ1) is 19.6. The number of rotatable bonds is 3. The molecular formula is C19H22ClFN2O5. The molecule has 1 amide bonds. The zero-order chi connectivity index (χ0) is 20.1. The monoisotopic (exact) mass is 412 g/mol. The van der Waals surface area contributed by atoms with E-state index in [1.54, 1.807) is 6.92 Å². The highest BCUT2D eigenvalue weighted by Gasteiger charge is 2.56. The van der Waals surface area contributed by atoms with Crippen molar-refractivity contribution >= 4 is 23.1 Å². The number of hydrogen-bond donors (Lipinski definition) is 2. The van der Waals surface area contributed by atoms with Crippen LogP contribution in [0, 0.1) is 12.7 Å². The summed E-state index contributed by atoms with van der Waals surface area (Å²) >= 11 is 6.21. The van der Waals surface area contributed by atoms with E-state index in [4.69, 9.17) is 21.2 Å². The lowest BCUT2D eigenvalue weighted by Gasteiger charge is -2.42. The van der Waals surface area contributed by atoms with Crippen molar-refractivity contribution in [3.8, 4) is 0 Å². The number of carbonyl (C=O) groups is 1. The van der Waals surface area contributed by atoms with Gasteiger partial charge in [0.1, 0.15) is 17.1 Å². The lowest BCUT2D eigenvalue weighted by atomic mass is 9.86. The first-order chi connectivity index (χ1) is 13.3. The molecule has 2 N–H and O–H groups in total. The van der Waals surface area contributed by atoms with E-state index in [2.05, 4.69) is 0 Å². The van der Waals surface area contributed by atoms with Gasteiger partial charge in [-0.05, 0) is 37.8 Å². The van der Waals surface area contributed by atoms with Gasteiger partial charge in [-0.25, -0.2) is 14.3 Å². The van der Waals surface area contributed by atoms with Crippen molar-refractivity contribution < 1.29 is 29.1 Å². The average molecular weight is 413 g/mol. The largest absolute Gasteiger partial charge is 0.509 e. The van der Waals surface area contributed by atoms with Crippen LogP contribution in [0.15, 0.2) is 17.9 Å². The number of piperidine rings is 1. The van der Waals surface area contributed by atoms with Crippen molar-refractivity contribution in [1.29, 1.82) is 0 Å². The van der Waals surface area contributed by atoms with Crippen LogP contribution < -0.4 is 0 Å². The Balaban J connectivity index is 1.81. The molecule has 7 nitrogen and oxygen atoms in total. The van der Waals surface area contributed by atoms with Crippen molar-refractivity contribution in [2.45, 2.75) is 44.4 Å². The fourth-order valence-electron chi connectivity index (χ4n) is 4.04. The van der Waals surface area contributed by atoms with Gasteiger partial charge in [0.2, 0.25) is 0 Å². The molecule has 2 fully saturated rings. The van der Waals surface area contributed by atoms with Crippen molar-refractivity contribution in [3.05, 3.63) is 39.9 Å². The summed E-state index contributed by atoms with van der Waals surface area (Å²) in [4.78, 5) is 19.1. The zero-order valence-electron chi connectivity index (χ0n) is 15.5. The molecule has 4 rings (SSSR count). The van der Waals surface area contributed by atoms with Crippen LogP contribution in [0.3, 0.4) is 0 Å². The van der Waals surface area contributed by atoms with E-state index < -0.39 is 23.6 Å². The highest BCUT2D eigenvalue weighted by atomic mass is 35.5. The fraction of sp³-hybridized carbons (Fsp3) is 0.526. The minimum absolute atomic E-state index is 0.0340. The molecule has 9 heteroatoms. The number of ether oxygens (including phenoxy) is 1. The Labute approximate surface area is 166 Å². The van der Waals surface area contributed by atoms with E-state index in [0.29, 0.717) is 18.6 Å². The van der Waals surface area contributed by atoms with E-state index in [-0.39, 0.29) is 47.8 Å². The minimum atomic E-state index is -1.20. The van der Waals surface area contributed by atoms with E-state index in [0.717, 1.165) is 16.5 Å². The second-order valence-electron chi connectivity index (χ2n) is 7.41. The van der Waals surface area contributed by atoms with Crippen LogP contribution in [0.25, 0.3) is 5.57 Å². The van der Waals surface area contributed by atoms with E-state index in [9.17, 15) is 19.5 Å². The average Bonchev–Trinajstić information content (AvgIpc) is 3.25. The SMILES string of the molecule is Cc1ccc(Cl)c(C2=C(O)C3(CCN(O)CC3)N(OC3CCCO3)C2=O)c1F. The second-order valence-corrected chi connectivity index (χ2v) is 7.82. The highest BCUT2D eigenvalue weighted by Crippen LogP contribution is 2.47. The first-order valence-electron chi connectivity index (χ1n) is 9.30. The van der Waals surface area contributed by atoms with E-state index in [1.165, 1.54) is 12.1 Å². The predicted octanol–water partition coefficient (Wildman–Crippen LogP) is 3.19. The molecule has 3 heterocycles. The number of aliphatic hydroxyl groups excluding tert-OH is 1. The van der Waals surface area contributed by atoms with E-state index in [1.807, 2.05) is 0 Å². The molecule has 1 spiro atoms. The molecule has 3 aliphatic heterocycles. The van der Waals surface area contributed by atoms with Gasteiger partial charge in [0.05, 0.1) is 17.2 Å². The lowest BCUT2D eigenvalue weighted by Crippen LogP contribution is -2.55. The van der Waals surface area contributed by atoms with Crippen molar-refractivity contribution in [2.24, 2.45) is 0 Å². The number of aryl methyl sites for hydroxylation is 1. The number of nitrogens with zero attached hydrogens (tertiary/aromatic N) is 2. The van der Waals surface area contributed by atoms with Crippen LogP contribution in [0.5, 0.6) is 0 Å². The summed E-state index contributed by atoms with van der Waals surface area (Å²) in [5, 5.41) is 23.2. The number of amides is 1. The first-order valence-corrected chi connectivity index (χ1v) is 9.68. The maximum atomic E-state index is 14.9. The lowest BCUT2D eigenvalue weighted by molar-refractivity contribution is -0.290. The molecule has 1 aromatic rings. The van der Waals surface area contributed by atoms with Crippen LogP contribution in [0.2, 0.25) is 5.02 Å². The van der Waals surface area contributed by atoms with Gasteiger partial charge in [-0.15, -0.1) is 0 Å². The Hall–Kier alpha value is -1.71. The van der Waals surface area contributed by atoms with Crippen LogP contribution >= 0.6 is 11.6 Å². The number of hydroxylamine groups is 4. The van der Waals surface area contributed by atoms with Gasteiger partial charge >= 0.3 is 0 Å². The maximum Gasteiger partial charge on any atom is 0.282 e. The summed E-state index contributed by atoms with van der Waals surface area (Å²) in [5.74, 6) is -1.60. The van der Waals surface area contributed by atoms with E-state index >= 15 is 0 Å². The van der Waals surface area contributed by atoms with Gasteiger partial charge < -0.3 is 15.1 Å². The van der Waals surface area contributed by atoms with Crippen molar-refractivity contribution in [1.82, 2.24) is 10.1 Å². The zero-order valence-corrected chi connectivity index (χ0v) is 16.2. The number of aliphatic hydroxyl groups is 1. The number of halogens is 2. The smallest absolute Gasteiger partial charge is 0.282 e. The number of benzene rings is 1. The standard InChI is InChI=1S/C19H22ClFN2O5/c1-11-4-5-12(20)14(16(11)21)15-17(24)19(6-8-22(26)9-7-19)23(18(15)25)28-13-3-2-10-27-13/h4-5,13,24,26H,2-3,6-10H2,1H3. The fourth-order valence-corrected chi connectivity index (χ4v) is 4.28. The summed E-state index contributed by atoms with van der Waals surface area (Å²) in [6.45, 7) is 2.53. The molecule has 1 aromatic carbocycles. The molecule has 2 saturated heterocycles. The molecule has 0 bridgehead atoms. The third-order valence-corrected chi connectivity index (χ3v) is 5.99. The summed E-state index contributed by atoms with van der Waals surface area (Å²) < 4.78 is 20.4. The van der Waals surface area contributed by atoms with Crippen LogP contribution in [0.1, 0.15) is 36.8 Å². The minimum Gasteiger partial charge on any atom is -0.509 e. The quantitative estimate of drug-likeness (QED) is 0.793. The Bertz CT molecular complexity index is 832. The molecule has 3 aliphatic rings. The second kappa shape index (κ2) is 7.27. The third-order valence-electron chi connectivity index (χ3n) is 5.68. The Morgan fingerprint density at radius 1 is 1.36 bits per heavy atom. The molecule has 152 valence electrons. The molecule has 0 aliphatic carbocycles. The normalized spacial score (nSPS) is 25.4. The summed E-state index contributed by atoms with van der Waals surface area (Å²) in [7, 11) is 0. The Kier molecular flexibility index (Phi) is 5.09. The number of carbonyl (C=O) groups excluding carboxylic acids is 1. The van der Waals surface area contributed by atoms with Crippen LogP contribution in [0.4, 0.5) is 4.39 Å². The molecule has 0 radical (unpaired) electrons. The van der Waals surface area contributed by atoms with Crippen molar-refractivity contribution in [3.63, 3.8) is 0 Å². The Morgan fingerprint density at radius 3 is 2.71 bits per heavy atom. The van der Waals surface area contributed by atoms with Crippen LogP contribution in [-0.2, 0) is 14.4 Å². The van der Waals surface area contributed by atoms with Crippen LogP contribution in [-0.4, -0.2) is 57.9 Å². The number of hydrogen-bond acceptors (Lipinski definition) is 6. The molecule has 1 unspecified atom stereocenters. The Morgan fingerprint density at radius 2 is 2.07 bits per heavy atom. The van der Waals surface area contributed by atoms with Gasteiger partial charge in [-0.2, -0.15) is 5.06 Å². The van der Waals surface area contributed by atoms with Gasteiger partial charge in [0.15, 0.2) is 6.29 Å². The molecule has 0 saturated carbocycles. The highest BCUT2D eigenvalue weighted by molar-refractivity contribution is 6.35. The molecular weight excluding hydrogens is 391 g/mol. The van der Waals surface area contributed by atoms with Gasteiger partial charge in [0.25, 0.3) is 5.91 Å². The molecule has 1 atom stereocenters. The maximum absolute atomic E-state index is 14.9. The molecule has 0 aromatic heterocycles. The predicted molar refractivity (Wildman–Crippen MR) is 97.9 cm³/mol. The summed E-state index contributed by atoms with van der Waals surface area (Å²) in [6, 6.07) is 3.01. The molecule has 28 heavy (non-hydrogen) atoms. The topological polar surface area (TPSA) is 82.5 Å². The van der Waals surface area contributed by atoms with Gasteiger partial charge in [0, 0.05) is 25.1 Å². The summed E-state index contributed by atoms with van der Waals surface area (Å²) in [5.41, 5.74) is -1.22. The third kappa shape index (κ3) is 3.00. The van der Waals surface area contributed by atoms with Gasteiger partial charge in [-0.1, -0.05) is 17.7 Å².